The van der Waals surface area contributed by atoms with Crippen LogP contribution in [0.25, 0.3) is 0 Å². The fourth-order valence-electron chi connectivity index (χ4n) is 3.06. The Balaban J connectivity index is 2.57. The highest BCUT2D eigenvalue weighted by Crippen LogP contribution is 2.28. The molecule has 2 amide bonds. The molecule has 0 bridgehead atoms. The maximum atomic E-state index is 12.1. The van der Waals surface area contributed by atoms with E-state index < -0.39 is 20.3 Å². The van der Waals surface area contributed by atoms with Crippen LogP contribution in [0.1, 0.15) is 39.0 Å². The summed E-state index contributed by atoms with van der Waals surface area (Å²) in [6, 6.07) is 0.378. The smallest absolute Gasteiger partial charge is 0.407 e. The number of rotatable bonds is 7. The second-order valence-corrected chi connectivity index (χ2v) is 13.4. The van der Waals surface area contributed by atoms with E-state index in [4.69, 9.17) is 9.84 Å². The molecule has 1 aliphatic rings. The number of hydrogen-bond donors (Lipinski definition) is 3. The molecule has 1 aliphatic carbocycles. The maximum Gasteiger partial charge on any atom is 0.407 e. The van der Waals surface area contributed by atoms with Gasteiger partial charge in [0.25, 0.3) is 0 Å². The normalized spacial score (nSPS) is 18.8. The number of alkyl carbamates (subject to hydrolysis) is 1. The molecule has 3 N–H and O–H groups in total. The lowest BCUT2D eigenvalue weighted by Crippen LogP contribution is -2.54. The van der Waals surface area contributed by atoms with Crippen LogP contribution in [-0.2, 0) is 4.74 Å². The predicted octanol–water partition coefficient (Wildman–Crippen LogP) is 3.66. The van der Waals surface area contributed by atoms with Crippen LogP contribution in [-0.4, -0.2) is 44.1 Å². The van der Waals surface area contributed by atoms with E-state index in [1.165, 1.54) is 6.42 Å². The molecular weight excluding hydrogens is 312 g/mol. The second-order valence-electron chi connectivity index (χ2n) is 7.75. The number of carbonyl (C=O) groups is 2. The third kappa shape index (κ3) is 8.25. The zero-order chi connectivity index (χ0) is 17.5. The molecule has 0 aromatic heterocycles. The third-order valence-electron chi connectivity index (χ3n) is 4.42. The summed E-state index contributed by atoms with van der Waals surface area (Å²) >= 11 is 0. The molecule has 2 unspecified atom stereocenters. The fraction of sp³-hybridized carbons (Fsp3) is 0.875. The van der Waals surface area contributed by atoms with Gasteiger partial charge >= 0.3 is 12.2 Å². The van der Waals surface area contributed by atoms with Gasteiger partial charge in [0.2, 0.25) is 0 Å². The molecule has 0 spiro atoms. The number of amides is 2. The summed E-state index contributed by atoms with van der Waals surface area (Å²) in [6.07, 6.45) is 4.02. The van der Waals surface area contributed by atoms with Crippen molar-refractivity contribution in [3.8, 4) is 0 Å². The van der Waals surface area contributed by atoms with Gasteiger partial charge in [0.1, 0.15) is 0 Å². The molecule has 0 radical (unpaired) electrons. The Morgan fingerprint density at radius 3 is 2.30 bits per heavy atom. The minimum Gasteiger partial charge on any atom is -0.465 e. The highest BCUT2D eigenvalue weighted by molar-refractivity contribution is 6.76. The molecular formula is C16H32N2O4Si. The number of hydrogen-bond acceptors (Lipinski definition) is 3. The molecule has 6 nitrogen and oxygen atoms in total. The van der Waals surface area contributed by atoms with Crippen LogP contribution in [0.2, 0.25) is 25.7 Å². The summed E-state index contributed by atoms with van der Waals surface area (Å²) in [4.78, 5) is 23.0. The number of ether oxygens (including phenoxy) is 1. The Kier molecular flexibility index (Phi) is 7.88. The monoisotopic (exact) mass is 344 g/mol. The Labute approximate surface area is 140 Å². The van der Waals surface area contributed by atoms with Crippen LogP contribution in [0.15, 0.2) is 0 Å². The van der Waals surface area contributed by atoms with E-state index in [1.54, 1.807) is 6.92 Å². The van der Waals surface area contributed by atoms with E-state index in [0.717, 1.165) is 31.7 Å². The molecule has 0 aromatic carbocycles. The molecule has 0 heterocycles. The van der Waals surface area contributed by atoms with Gasteiger partial charge in [-0.05, 0) is 31.7 Å². The summed E-state index contributed by atoms with van der Waals surface area (Å²) in [6.45, 7) is 8.93. The summed E-state index contributed by atoms with van der Waals surface area (Å²) in [5.74, 6) is 0.301. The zero-order valence-corrected chi connectivity index (χ0v) is 15.9. The lowest BCUT2D eigenvalue weighted by atomic mass is 9.81. The number of carboxylic acid groups (broad SMARTS) is 1. The van der Waals surface area contributed by atoms with Crippen molar-refractivity contribution in [3.05, 3.63) is 0 Å². The first-order chi connectivity index (χ1) is 10.7. The van der Waals surface area contributed by atoms with Crippen molar-refractivity contribution in [3.63, 3.8) is 0 Å². The van der Waals surface area contributed by atoms with Crippen molar-refractivity contribution in [1.82, 2.24) is 10.6 Å². The van der Waals surface area contributed by atoms with E-state index in [9.17, 15) is 9.59 Å². The Bertz CT molecular complexity index is 392. The fourth-order valence-corrected chi connectivity index (χ4v) is 3.77. The summed E-state index contributed by atoms with van der Waals surface area (Å²) in [7, 11) is -1.23. The standard InChI is InChI=1S/C16H32N2O4Si/c1-12(17-15(19)20)14(13-8-6-5-7-9-13)18-16(21)22-10-11-23(2,3)4/h12-14,17H,5-11H2,1-4H3,(H,18,21)(H,19,20). The molecule has 1 fully saturated rings. The van der Waals surface area contributed by atoms with Gasteiger partial charge in [-0.1, -0.05) is 38.9 Å². The Morgan fingerprint density at radius 1 is 1.17 bits per heavy atom. The highest BCUT2D eigenvalue weighted by atomic mass is 28.3. The lowest BCUT2D eigenvalue weighted by molar-refractivity contribution is 0.132. The summed E-state index contributed by atoms with van der Waals surface area (Å²) < 4.78 is 5.30. The van der Waals surface area contributed by atoms with Crippen molar-refractivity contribution in [2.75, 3.05) is 6.61 Å². The highest BCUT2D eigenvalue weighted by Gasteiger charge is 2.31. The van der Waals surface area contributed by atoms with Crippen molar-refractivity contribution < 1.29 is 19.4 Å². The molecule has 0 aromatic rings. The quantitative estimate of drug-likeness (QED) is 0.615. The zero-order valence-electron chi connectivity index (χ0n) is 14.9. The number of nitrogens with one attached hydrogen (secondary N) is 2. The van der Waals surface area contributed by atoms with Gasteiger partial charge in [-0.3, -0.25) is 0 Å². The Hall–Kier alpha value is -1.24. The van der Waals surface area contributed by atoms with Gasteiger partial charge in [0.05, 0.1) is 12.6 Å². The van der Waals surface area contributed by atoms with Gasteiger partial charge in [0, 0.05) is 14.1 Å². The minimum atomic E-state index is -1.23. The van der Waals surface area contributed by atoms with E-state index in [2.05, 4.69) is 30.3 Å². The molecule has 0 saturated heterocycles. The van der Waals surface area contributed by atoms with E-state index in [1.807, 2.05) is 0 Å². The topological polar surface area (TPSA) is 87.7 Å². The van der Waals surface area contributed by atoms with Crippen LogP contribution in [0.5, 0.6) is 0 Å². The van der Waals surface area contributed by atoms with Crippen LogP contribution in [0.3, 0.4) is 0 Å². The molecule has 0 aliphatic heterocycles. The first-order valence-corrected chi connectivity index (χ1v) is 12.3. The van der Waals surface area contributed by atoms with Crippen molar-refractivity contribution >= 4 is 20.3 Å². The van der Waals surface area contributed by atoms with E-state index in [-0.39, 0.29) is 12.1 Å². The van der Waals surface area contributed by atoms with Gasteiger partial charge in [0.15, 0.2) is 0 Å². The first kappa shape index (κ1) is 19.8. The predicted molar refractivity (Wildman–Crippen MR) is 93.6 cm³/mol. The molecule has 23 heavy (non-hydrogen) atoms. The first-order valence-electron chi connectivity index (χ1n) is 8.62. The van der Waals surface area contributed by atoms with Gasteiger partial charge in [-0.2, -0.15) is 0 Å². The van der Waals surface area contributed by atoms with E-state index in [0.29, 0.717) is 12.5 Å². The SMILES string of the molecule is CC(NC(=O)O)C(NC(=O)OCC[Si](C)(C)C)C1CCCCC1. The second kappa shape index (κ2) is 9.15. The molecule has 1 saturated carbocycles. The van der Waals surface area contributed by atoms with Gasteiger partial charge in [-0.25, -0.2) is 9.59 Å². The third-order valence-corrected chi connectivity index (χ3v) is 6.12. The summed E-state index contributed by atoms with van der Waals surface area (Å²) in [5.41, 5.74) is 0. The van der Waals surface area contributed by atoms with Gasteiger partial charge in [-0.15, -0.1) is 0 Å². The maximum absolute atomic E-state index is 12.1. The minimum absolute atomic E-state index is 0.217. The molecule has 2 atom stereocenters. The average Bonchev–Trinajstić information content (AvgIpc) is 2.43. The molecule has 7 heteroatoms. The Morgan fingerprint density at radius 2 is 1.78 bits per heavy atom. The largest absolute Gasteiger partial charge is 0.465 e. The van der Waals surface area contributed by atoms with Gasteiger partial charge < -0.3 is 20.5 Å². The lowest BCUT2D eigenvalue weighted by Gasteiger charge is -2.34. The number of carbonyl (C=O) groups excluding carboxylic acids is 1. The molecule has 134 valence electrons. The van der Waals surface area contributed by atoms with Crippen molar-refractivity contribution in [2.24, 2.45) is 5.92 Å². The van der Waals surface area contributed by atoms with Crippen molar-refractivity contribution in [2.45, 2.75) is 76.8 Å². The van der Waals surface area contributed by atoms with Crippen LogP contribution >= 0.6 is 0 Å². The molecule has 1 rings (SSSR count). The average molecular weight is 345 g/mol. The summed E-state index contributed by atoms with van der Waals surface area (Å²) in [5, 5.41) is 14.3. The van der Waals surface area contributed by atoms with Crippen LogP contribution in [0, 0.1) is 5.92 Å². The van der Waals surface area contributed by atoms with Crippen LogP contribution < -0.4 is 10.6 Å². The van der Waals surface area contributed by atoms with E-state index >= 15 is 0 Å². The van der Waals surface area contributed by atoms with Crippen molar-refractivity contribution in [1.29, 1.82) is 0 Å². The van der Waals surface area contributed by atoms with Crippen LogP contribution in [0.4, 0.5) is 9.59 Å².